The van der Waals surface area contributed by atoms with Crippen LogP contribution in [0.1, 0.15) is 15.9 Å². The van der Waals surface area contributed by atoms with Gasteiger partial charge < -0.3 is 5.73 Å². The van der Waals surface area contributed by atoms with Crippen LogP contribution in [-0.4, -0.2) is 20.5 Å². The zero-order chi connectivity index (χ0) is 14.9. The van der Waals surface area contributed by atoms with E-state index < -0.39 is 9.84 Å². The molecule has 0 fully saturated rings. The van der Waals surface area contributed by atoms with E-state index in [2.05, 4.69) is 0 Å². The summed E-state index contributed by atoms with van der Waals surface area (Å²) in [5, 5.41) is 0.519. The van der Waals surface area contributed by atoms with Gasteiger partial charge in [0.05, 0.1) is 4.90 Å². The summed E-state index contributed by atoms with van der Waals surface area (Å²) in [5.41, 5.74) is 6.53. The number of hydrogen-bond donors (Lipinski definition) is 1. The molecule has 6 heteroatoms. The van der Waals surface area contributed by atoms with Crippen LogP contribution in [0.2, 0.25) is 5.02 Å². The molecule has 0 saturated carbocycles. The van der Waals surface area contributed by atoms with Gasteiger partial charge in [-0.05, 0) is 42.5 Å². The number of nitrogen functional groups attached to an aromatic ring is 1. The SMILES string of the molecule is CS(=O)(=O)c1cc(N)cc(C(=O)c2ccc(Cl)cc2)c1. The van der Waals surface area contributed by atoms with Crippen molar-refractivity contribution in [2.75, 3.05) is 12.0 Å². The highest BCUT2D eigenvalue weighted by Crippen LogP contribution is 2.20. The zero-order valence-electron chi connectivity index (χ0n) is 10.6. The Hall–Kier alpha value is -1.85. The van der Waals surface area contributed by atoms with E-state index in [0.29, 0.717) is 10.6 Å². The van der Waals surface area contributed by atoms with Gasteiger partial charge in [-0.2, -0.15) is 0 Å². The van der Waals surface area contributed by atoms with Gasteiger partial charge in [-0.3, -0.25) is 4.79 Å². The first kappa shape index (κ1) is 14.6. The van der Waals surface area contributed by atoms with E-state index in [-0.39, 0.29) is 21.9 Å². The molecule has 0 unspecified atom stereocenters. The van der Waals surface area contributed by atoms with Gasteiger partial charge in [-0.15, -0.1) is 0 Å². The van der Waals surface area contributed by atoms with E-state index in [1.165, 1.54) is 18.2 Å². The number of anilines is 1. The van der Waals surface area contributed by atoms with Crippen molar-refractivity contribution in [3.63, 3.8) is 0 Å². The van der Waals surface area contributed by atoms with Crippen LogP contribution in [0.5, 0.6) is 0 Å². The summed E-state index contributed by atoms with van der Waals surface area (Å²) >= 11 is 5.76. The molecule has 0 spiro atoms. The van der Waals surface area contributed by atoms with Gasteiger partial charge in [0.2, 0.25) is 0 Å². The van der Waals surface area contributed by atoms with Crippen molar-refractivity contribution in [3.8, 4) is 0 Å². The van der Waals surface area contributed by atoms with Crippen LogP contribution in [0.3, 0.4) is 0 Å². The lowest BCUT2D eigenvalue weighted by atomic mass is 10.0. The fourth-order valence-corrected chi connectivity index (χ4v) is 2.55. The highest BCUT2D eigenvalue weighted by atomic mass is 35.5. The second kappa shape index (κ2) is 5.26. The van der Waals surface area contributed by atoms with Gasteiger partial charge in [-0.25, -0.2) is 8.42 Å². The van der Waals surface area contributed by atoms with E-state index in [9.17, 15) is 13.2 Å². The fraction of sp³-hybridized carbons (Fsp3) is 0.0714. The molecule has 0 aliphatic rings. The van der Waals surface area contributed by atoms with Gasteiger partial charge in [0.15, 0.2) is 15.6 Å². The van der Waals surface area contributed by atoms with Crippen molar-refractivity contribution in [1.29, 1.82) is 0 Å². The maximum atomic E-state index is 12.3. The summed E-state index contributed by atoms with van der Waals surface area (Å²) in [6.45, 7) is 0. The largest absolute Gasteiger partial charge is 0.399 e. The topological polar surface area (TPSA) is 77.2 Å². The number of benzene rings is 2. The molecule has 0 amide bonds. The molecule has 104 valence electrons. The zero-order valence-corrected chi connectivity index (χ0v) is 12.2. The number of hydrogen-bond acceptors (Lipinski definition) is 4. The maximum absolute atomic E-state index is 12.3. The van der Waals surface area contributed by atoms with E-state index in [4.69, 9.17) is 17.3 Å². The Labute approximate surface area is 122 Å². The third-order valence-corrected chi connectivity index (χ3v) is 4.07. The van der Waals surface area contributed by atoms with E-state index >= 15 is 0 Å². The van der Waals surface area contributed by atoms with Crippen LogP contribution in [0.25, 0.3) is 0 Å². The Morgan fingerprint density at radius 3 is 2.20 bits per heavy atom. The van der Waals surface area contributed by atoms with E-state index in [1.807, 2.05) is 0 Å². The molecule has 0 aliphatic heterocycles. The van der Waals surface area contributed by atoms with Crippen molar-refractivity contribution in [3.05, 3.63) is 58.6 Å². The van der Waals surface area contributed by atoms with Crippen LogP contribution in [0.15, 0.2) is 47.4 Å². The monoisotopic (exact) mass is 309 g/mol. The number of sulfone groups is 1. The van der Waals surface area contributed by atoms with E-state index in [1.54, 1.807) is 24.3 Å². The summed E-state index contributed by atoms with van der Waals surface area (Å²) in [7, 11) is -3.42. The molecule has 4 nitrogen and oxygen atoms in total. The smallest absolute Gasteiger partial charge is 0.193 e. The molecule has 2 N–H and O–H groups in total. The van der Waals surface area contributed by atoms with Gasteiger partial charge in [-0.1, -0.05) is 11.6 Å². The second-order valence-electron chi connectivity index (χ2n) is 4.40. The van der Waals surface area contributed by atoms with Crippen LogP contribution < -0.4 is 5.73 Å². The average Bonchev–Trinajstić information content (AvgIpc) is 2.37. The van der Waals surface area contributed by atoms with Crippen LogP contribution in [0, 0.1) is 0 Å². The van der Waals surface area contributed by atoms with Crippen LogP contribution in [-0.2, 0) is 9.84 Å². The minimum absolute atomic E-state index is 0.0230. The maximum Gasteiger partial charge on any atom is 0.193 e. The van der Waals surface area contributed by atoms with Gasteiger partial charge in [0, 0.05) is 28.1 Å². The van der Waals surface area contributed by atoms with Crippen molar-refractivity contribution in [2.24, 2.45) is 0 Å². The highest BCUT2D eigenvalue weighted by molar-refractivity contribution is 7.90. The third kappa shape index (κ3) is 3.18. The first-order valence-electron chi connectivity index (χ1n) is 5.68. The Morgan fingerprint density at radius 2 is 1.65 bits per heavy atom. The van der Waals surface area contributed by atoms with Crippen molar-refractivity contribution in [2.45, 2.75) is 4.90 Å². The molecule has 2 rings (SSSR count). The molecular weight excluding hydrogens is 298 g/mol. The Kier molecular flexibility index (Phi) is 3.83. The number of carbonyl (C=O) groups is 1. The lowest BCUT2D eigenvalue weighted by Gasteiger charge is -2.06. The lowest BCUT2D eigenvalue weighted by molar-refractivity contribution is 0.103. The number of rotatable bonds is 3. The lowest BCUT2D eigenvalue weighted by Crippen LogP contribution is -2.06. The molecule has 0 bridgehead atoms. The first-order valence-corrected chi connectivity index (χ1v) is 7.95. The standard InChI is InChI=1S/C14H12ClNO3S/c1-20(18,19)13-7-10(6-12(16)8-13)14(17)9-2-4-11(15)5-3-9/h2-8H,16H2,1H3. The molecular formula is C14H12ClNO3S. The molecule has 2 aromatic rings. The third-order valence-electron chi connectivity index (χ3n) is 2.73. The summed E-state index contributed by atoms with van der Waals surface area (Å²) in [6, 6.07) is 10.4. The molecule has 0 saturated heterocycles. The fourth-order valence-electron chi connectivity index (χ4n) is 1.74. The summed E-state index contributed by atoms with van der Waals surface area (Å²) in [4.78, 5) is 12.3. The molecule has 0 radical (unpaired) electrons. The number of ketones is 1. The second-order valence-corrected chi connectivity index (χ2v) is 6.85. The summed E-state index contributed by atoms with van der Waals surface area (Å²) in [6.07, 6.45) is 1.07. The normalized spacial score (nSPS) is 11.3. The molecule has 20 heavy (non-hydrogen) atoms. The van der Waals surface area contributed by atoms with E-state index in [0.717, 1.165) is 6.26 Å². The van der Waals surface area contributed by atoms with Gasteiger partial charge in [0.1, 0.15) is 0 Å². The van der Waals surface area contributed by atoms with Gasteiger partial charge in [0.25, 0.3) is 0 Å². The van der Waals surface area contributed by atoms with Crippen LogP contribution >= 0.6 is 11.6 Å². The number of nitrogens with two attached hydrogens (primary N) is 1. The molecule has 0 aromatic heterocycles. The van der Waals surface area contributed by atoms with Crippen molar-refractivity contribution in [1.82, 2.24) is 0 Å². The Balaban J connectivity index is 2.50. The summed E-state index contributed by atoms with van der Waals surface area (Å²) in [5.74, 6) is -0.307. The molecule has 0 atom stereocenters. The average molecular weight is 310 g/mol. The minimum atomic E-state index is -3.42. The Bertz CT molecular complexity index is 768. The molecule has 0 aliphatic carbocycles. The number of halogens is 1. The first-order chi connectivity index (χ1) is 9.27. The summed E-state index contributed by atoms with van der Waals surface area (Å²) < 4.78 is 23.1. The molecule has 0 heterocycles. The van der Waals surface area contributed by atoms with Crippen LogP contribution in [0.4, 0.5) is 5.69 Å². The Morgan fingerprint density at radius 1 is 1.05 bits per heavy atom. The van der Waals surface area contributed by atoms with Crippen molar-refractivity contribution < 1.29 is 13.2 Å². The highest BCUT2D eigenvalue weighted by Gasteiger charge is 2.14. The predicted octanol–water partition coefficient (Wildman–Crippen LogP) is 2.56. The minimum Gasteiger partial charge on any atom is -0.399 e. The van der Waals surface area contributed by atoms with Gasteiger partial charge >= 0.3 is 0 Å². The number of carbonyl (C=O) groups excluding carboxylic acids is 1. The predicted molar refractivity (Wildman–Crippen MR) is 78.8 cm³/mol. The quantitative estimate of drug-likeness (QED) is 0.698. The molecule has 2 aromatic carbocycles. The van der Waals surface area contributed by atoms with Crippen molar-refractivity contribution >= 4 is 32.9 Å².